The van der Waals surface area contributed by atoms with E-state index in [-0.39, 0.29) is 12.6 Å². The van der Waals surface area contributed by atoms with Crippen LogP contribution in [0.25, 0.3) is 11.1 Å². The molecule has 0 amide bonds. The Hall–Kier alpha value is -2.91. The highest BCUT2D eigenvalue weighted by Crippen LogP contribution is 2.31. The Morgan fingerprint density at radius 3 is 2.20 bits per heavy atom. The second-order valence-electron chi connectivity index (χ2n) is 6.03. The fourth-order valence-electron chi connectivity index (χ4n) is 3.19. The fourth-order valence-corrected chi connectivity index (χ4v) is 3.19. The third-order valence-corrected chi connectivity index (χ3v) is 4.47. The molecule has 0 saturated carbocycles. The molecule has 124 valence electrons. The number of nitrogens with zero attached hydrogens (tertiary/aromatic N) is 1. The Bertz CT molecular complexity index is 903. The minimum atomic E-state index is 0.00445. The van der Waals surface area contributed by atoms with E-state index in [1.165, 1.54) is 0 Å². The SMILES string of the molecule is OCc1ccccc1-c1ccccc1C1=N[C@@H](c2ccccc2)CO1. The van der Waals surface area contributed by atoms with E-state index in [2.05, 4.69) is 12.1 Å². The Morgan fingerprint density at radius 1 is 0.800 bits per heavy atom. The van der Waals surface area contributed by atoms with Crippen LogP contribution >= 0.6 is 0 Å². The van der Waals surface area contributed by atoms with Gasteiger partial charge >= 0.3 is 0 Å². The second kappa shape index (κ2) is 6.91. The number of aliphatic hydroxyl groups is 1. The van der Waals surface area contributed by atoms with Crippen LogP contribution < -0.4 is 0 Å². The molecule has 3 heteroatoms. The Morgan fingerprint density at radius 2 is 1.44 bits per heavy atom. The van der Waals surface area contributed by atoms with Crippen molar-refractivity contribution in [2.75, 3.05) is 6.61 Å². The van der Waals surface area contributed by atoms with E-state index in [1.807, 2.05) is 66.7 Å². The molecule has 1 aliphatic rings. The predicted octanol–water partition coefficient (Wildman–Crippen LogP) is 4.36. The van der Waals surface area contributed by atoms with Gasteiger partial charge < -0.3 is 9.84 Å². The Labute approximate surface area is 147 Å². The van der Waals surface area contributed by atoms with Crippen molar-refractivity contribution in [3.05, 3.63) is 95.6 Å². The molecule has 0 unspecified atom stereocenters. The molecule has 4 rings (SSSR count). The van der Waals surface area contributed by atoms with Crippen LogP contribution in [0.3, 0.4) is 0 Å². The first kappa shape index (κ1) is 15.6. The predicted molar refractivity (Wildman–Crippen MR) is 99.5 cm³/mol. The maximum Gasteiger partial charge on any atom is 0.217 e. The number of aliphatic imine (C=N–C) groups is 1. The largest absolute Gasteiger partial charge is 0.475 e. The summed E-state index contributed by atoms with van der Waals surface area (Å²) < 4.78 is 5.93. The minimum Gasteiger partial charge on any atom is -0.475 e. The normalized spacial score (nSPS) is 16.4. The van der Waals surface area contributed by atoms with Crippen molar-refractivity contribution in [1.82, 2.24) is 0 Å². The van der Waals surface area contributed by atoms with E-state index >= 15 is 0 Å². The summed E-state index contributed by atoms with van der Waals surface area (Å²) in [5.74, 6) is 0.664. The van der Waals surface area contributed by atoms with Gasteiger partial charge in [0, 0.05) is 5.56 Å². The number of aliphatic hydroxyl groups excluding tert-OH is 1. The monoisotopic (exact) mass is 329 g/mol. The van der Waals surface area contributed by atoms with Gasteiger partial charge in [0.05, 0.1) is 6.61 Å². The van der Waals surface area contributed by atoms with Crippen LogP contribution in [-0.4, -0.2) is 17.6 Å². The Kier molecular flexibility index (Phi) is 4.32. The lowest BCUT2D eigenvalue weighted by atomic mass is 9.95. The van der Waals surface area contributed by atoms with E-state index in [4.69, 9.17) is 9.73 Å². The highest BCUT2D eigenvalue weighted by atomic mass is 16.5. The van der Waals surface area contributed by atoms with Crippen LogP contribution in [0.2, 0.25) is 0 Å². The quantitative estimate of drug-likeness (QED) is 0.772. The lowest BCUT2D eigenvalue weighted by Gasteiger charge is -2.12. The molecule has 3 aromatic carbocycles. The van der Waals surface area contributed by atoms with Crippen LogP contribution in [0.15, 0.2) is 83.9 Å². The maximum atomic E-state index is 9.67. The molecule has 1 aliphatic heterocycles. The van der Waals surface area contributed by atoms with Crippen LogP contribution in [0.4, 0.5) is 0 Å². The van der Waals surface area contributed by atoms with Crippen molar-refractivity contribution in [3.63, 3.8) is 0 Å². The third-order valence-electron chi connectivity index (χ3n) is 4.47. The number of rotatable bonds is 4. The van der Waals surface area contributed by atoms with Gasteiger partial charge in [0.1, 0.15) is 12.6 Å². The third kappa shape index (κ3) is 3.06. The summed E-state index contributed by atoms with van der Waals surface area (Å²) in [5.41, 5.74) is 5.05. The highest BCUT2D eigenvalue weighted by molar-refractivity contribution is 6.02. The zero-order chi connectivity index (χ0) is 17.1. The second-order valence-corrected chi connectivity index (χ2v) is 6.03. The summed E-state index contributed by atoms with van der Waals surface area (Å²) in [6.45, 7) is 0.555. The summed E-state index contributed by atoms with van der Waals surface area (Å²) in [6, 6.07) is 26.2. The molecule has 25 heavy (non-hydrogen) atoms. The average molecular weight is 329 g/mol. The summed E-state index contributed by atoms with van der Waals surface area (Å²) in [4.78, 5) is 4.80. The van der Waals surface area contributed by atoms with E-state index < -0.39 is 0 Å². The van der Waals surface area contributed by atoms with Crippen molar-refractivity contribution < 1.29 is 9.84 Å². The zero-order valence-corrected chi connectivity index (χ0v) is 13.8. The van der Waals surface area contributed by atoms with Crippen molar-refractivity contribution in [1.29, 1.82) is 0 Å². The van der Waals surface area contributed by atoms with Crippen LogP contribution in [-0.2, 0) is 11.3 Å². The Balaban J connectivity index is 1.75. The first-order valence-electron chi connectivity index (χ1n) is 8.41. The topological polar surface area (TPSA) is 41.8 Å². The molecule has 0 spiro atoms. The molecular weight excluding hydrogens is 310 g/mol. The lowest BCUT2D eigenvalue weighted by molar-refractivity contribution is 0.282. The molecule has 3 nitrogen and oxygen atoms in total. The van der Waals surface area contributed by atoms with Gasteiger partial charge in [0.2, 0.25) is 5.90 Å². The van der Waals surface area contributed by atoms with Crippen molar-refractivity contribution in [2.45, 2.75) is 12.6 Å². The minimum absolute atomic E-state index is 0.00445. The van der Waals surface area contributed by atoms with Gasteiger partial charge in [-0.25, -0.2) is 4.99 Å². The summed E-state index contributed by atoms with van der Waals surface area (Å²) in [7, 11) is 0. The standard InChI is InChI=1S/C22H19NO2/c24-14-17-10-4-5-11-18(17)19-12-6-7-13-20(19)22-23-21(15-25-22)16-8-2-1-3-9-16/h1-13,21,24H,14-15H2/t21-/m1/s1. The summed E-state index contributed by atoms with van der Waals surface area (Å²) in [5, 5.41) is 9.67. The van der Waals surface area contributed by atoms with Gasteiger partial charge in [-0.2, -0.15) is 0 Å². The van der Waals surface area contributed by atoms with Crippen LogP contribution in [0.1, 0.15) is 22.7 Å². The highest BCUT2D eigenvalue weighted by Gasteiger charge is 2.23. The van der Waals surface area contributed by atoms with Gasteiger partial charge in [-0.3, -0.25) is 0 Å². The molecule has 0 saturated heterocycles. The van der Waals surface area contributed by atoms with Gasteiger partial charge in [0.15, 0.2) is 0 Å². The van der Waals surface area contributed by atoms with E-state index in [1.54, 1.807) is 0 Å². The van der Waals surface area contributed by atoms with Crippen molar-refractivity contribution >= 4 is 5.90 Å². The molecule has 3 aromatic rings. The number of hydrogen-bond acceptors (Lipinski definition) is 3. The molecule has 0 fully saturated rings. The van der Waals surface area contributed by atoms with E-state index in [9.17, 15) is 5.11 Å². The van der Waals surface area contributed by atoms with Gasteiger partial charge in [0.25, 0.3) is 0 Å². The first-order chi connectivity index (χ1) is 12.4. The molecule has 0 radical (unpaired) electrons. The smallest absolute Gasteiger partial charge is 0.217 e. The molecule has 1 heterocycles. The number of benzene rings is 3. The average Bonchev–Trinajstić information content (AvgIpc) is 3.19. The molecule has 0 bridgehead atoms. The van der Waals surface area contributed by atoms with Gasteiger partial charge in [-0.05, 0) is 28.3 Å². The molecule has 1 N–H and O–H groups in total. The van der Waals surface area contributed by atoms with Crippen LogP contribution in [0.5, 0.6) is 0 Å². The van der Waals surface area contributed by atoms with Gasteiger partial charge in [-0.15, -0.1) is 0 Å². The summed E-state index contributed by atoms with van der Waals surface area (Å²) in [6.07, 6.45) is 0. The zero-order valence-electron chi connectivity index (χ0n) is 13.8. The van der Waals surface area contributed by atoms with E-state index in [0.717, 1.165) is 27.8 Å². The van der Waals surface area contributed by atoms with Crippen LogP contribution in [0, 0.1) is 0 Å². The summed E-state index contributed by atoms with van der Waals surface area (Å²) >= 11 is 0. The first-order valence-corrected chi connectivity index (χ1v) is 8.41. The molecular formula is C22H19NO2. The van der Waals surface area contributed by atoms with Gasteiger partial charge in [-0.1, -0.05) is 72.8 Å². The van der Waals surface area contributed by atoms with E-state index in [0.29, 0.717) is 12.5 Å². The van der Waals surface area contributed by atoms with Crippen molar-refractivity contribution in [3.8, 4) is 11.1 Å². The molecule has 0 aliphatic carbocycles. The molecule has 0 aromatic heterocycles. The number of hydrogen-bond donors (Lipinski definition) is 1. The lowest BCUT2D eigenvalue weighted by Crippen LogP contribution is -2.04. The molecule has 1 atom stereocenters. The van der Waals surface area contributed by atoms with Crippen molar-refractivity contribution in [2.24, 2.45) is 4.99 Å². The number of ether oxygens (including phenoxy) is 1. The fraction of sp³-hybridized carbons (Fsp3) is 0.136. The maximum absolute atomic E-state index is 9.67.